The zero-order valence-corrected chi connectivity index (χ0v) is 14.3. The molecule has 0 saturated carbocycles. The Morgan fingerprint density at radius 3 is 2.82 bits per heavy atom. The van der Waals surface area contributed by atoms with E-state index in [0.717, 1.165) is 30.1 Å². The van der Waals surface area contributed by atoms with Crippen LogP contribution in [-0.2, 0) is 11.3 Å². The van der Waals surface area contributed by atoms with Crippen LogP contribution >= 0.6 is 22.7 Å². The summed E-state index contributed by atoms with van der Waals surface area (Å²) in [5, 5.41) is 2.59. The molecule has 3 rings (SSSR count). The van der Waals surface area contributed by atoms with E-state index in [1.807, 2.05) is 24.4 Å². The average molecular weight is 336 g/mol. The van der Waals surface area contributed by atoms with E-state index in [9.17, 15) is 4.79 Å². The van der Waals surface area contributed by atoms with Crippen molar-refractivity contribution in [2.75, 3.05) is 25.4 Å². The van der Waals surface area contributed by atoms with Crippen molar-refractivity contribution in [2.45, 2.75) is 26.3 Å². The van der Waals surface area contributed by atoms with Gasteiger partial charge in [0.05, 0.1) is 6.61 Å². The normalized spacial score (nSPS) is 15.3. The van der Waals surface area contributed by atoms with Crippen LogP contribution in [0.3, 0.4) is 0 Å². The van der Waals surface area contributed by atoms with Crippen LogP contribution in [0.1, 0.15) is 35.0 Å². The van der Waals surface area contributed by atoms with E-state index in [4.69, 9.17) is 10.5 Å². The van der Waals surface area contributed by atoms with Crippen molar-refractivity contribution in [3.05, 3.63) is 28.0 Å². The van der Waals surface area contributed by atoms with Crippen LogP contribution in [0.4, 0.5) is 5.00 Å². The number of nitrogen functional groups attached to an aromatic ring is 1. The van der Waals surface area contributed by atoms with Crippen molar-refractivity contribution < 1.29 is 9.53 Å². The molecule has 1 saturated heterocycles. The third-order valence-corrected chi connectivity index (χ3v) is 5.71. The van der Waals surface area contributed by atoms with Gasteiger partial charge in [0.15, 0.2) is 0 Å². The minimum atomic E-state index is -0.313. The molecule has 0 spiro atoms. The van der Waals surface area contributed by atoms with Gasteiger partial charge in [-0.3, -0.25) is 4.90 Å². The summed E-state index contributed by atoms with van der Waals surface area (Å²) in [5.41, 5.74) is 7.68. The molecule has 2 aromatic heterocycles. The van der Waals surface area contributed by atoms with Crippen molar-refractivity contribution in [3.8, 4) is 10.4 Å². The highest BCUT2D eigenvalue weighted by molar-refractivity contribution is 7.18. The maximum absolute atomic E-state index is 12.3. The number of nitrogens with zero attached hydrogens (tertiary/aromatic N) is 1. The van der Waals surface area contributed by atoms with Gasteiger partial charge in [0.1, 0.15) is 10.6 Å². The molecule has 0 bridgehead atoms. The van der Waals surface area contributed by atoms with Crippen LogP contribution < -0.4 is 5.73 Å². The van der Waals surface area contributed by atoms with Crippen LogP contribution in [0.25, 0.3) is 10.4 Å². The number of hydrogen-bond acceptors (Lipinski definition) is 6. The molecule has 0 aliphatic carbocycles. The van der Waals surface area contributed by atoms with Gasteiger partial charge in [-0.25, -0.2) is 4.79 Å². The summed E-state index contributed by atoms with van der Waals surface area (Å²) in [6.07, 6.45) is 2.50. The van der Waals surface area contributed by atoms with Crippen molar-refractivity contribution in [1.29, 1.82) is 0 Å². The molecular formula is C16H20N2O2S2. The second kappa shape index (κ2) is 6.81. The molecule has 4 nitrogen and oxygen atoms in total. The summed E-state index contributed by atoms with van der Waals surface area (Å²) in [7, 11) is 0. The lowest BCUT2D eigenvalue weighted by atomic mass is 10.1. The van der Waals surface area contributed by atoms with E-state index in [1.54, 1.807) is 11.3 Å². The Kier molecular flexibility index (Phi) is 4.81. The van der Waals surface area contributed by atoms with Gasteiger partial charge in [-0.1, -0.05) is 6.07 Å². The summed E-state index contributed by atoms with van der Waals surface area (Å²) in [6, 6.07) is 4.05. The lowest BCUT2D eigenvalue weighted by Gasteiger charge is -2.14. The number of ether oxygens (including phenoxy) is 1. The Hall–Kier alpha value is -1.37. The third-order valence-electron chi connectivity index (χ3n) is 3.82. The quantitative estimate of drug-likeness (QED) is 0.843. The van der Waals surface area contributed by atoms with Crippen LogP contribution in [0.5, 0.6) is 0 Å². The Morgan fingerprint density at radius 1 is 1.41 bits per heavy atom. The maximum Gasteiger partial charge on any atom is 0.341 e. The molecule has 0 radical (unpaired) electrons. The smallest absolute Gasteiger partial charge is 0.341 e. The number of esters is 1. The SMILES string of the molecule is CCOC(=O)c1c(N)sc(CN2CCCC2)c1-c1cccs1. The van der Waals surface area contributed by atoms with Gasteiger partial charge in [0.25, 0.3) is 0 Å². The van der Waals surface area contributed by atoms with Crippen LogP contribution in [0, 0.1) is 0 Å². The molecule has 2 aromatic rings. The third kappa shape index (κ3) is 3.04. The van der Waals surface area contributed by atoms with Gasteiger partial charge in [0, 0.05) is 21.9 Å². The van der Waals surface area contributed by atoms with E-state index in [2.05, 4.69) is 4.90 Å². The van der Waals surface area contributed by atoms with E-state index >= 15 is 0 Å². The van der Waals surface area contributed by atoms with Crippen LogP contribution in [-0.4, -0.2) is 30.6 Å². The molecule has 1 aliphatic rings. The number of rotatable bonds is 5. The molecule has 3 heterocycles. The minimum absolute atomic E-state index is 0.313. The number of carbonyl (C=O) groups is 1. The largest absolute Gasteiger partial charge is 0.462 e. The van der Waals surface area contributed by atoms with Crippen LogP contribution in [0.15, 0.2) is 17.5 Å². The van der Waals surface area contributed by atoms with E-state index in [1.165, 1.54) is 29.1 Å². The molecule has 0 aromatic carbocycles. The number of carbonyl (C=O) groups excluding carboxylic acids is 1. The van der Waals surface area contributed by atoms with E-state index in [0.29, 0.717) is 17.2 Å². The fraction of sp³-hybridized carbons (Fsp3) is 0.438. The van der Waals surface area contributed by atoms with E-state index in [-0.39, 0.29) is 5.97 Å². The highest BCUT2D eigenvalue weighted by Crippen LogP contribution is 2.42. The summed E-state index contributed by atoms with van der Waals surface area (Å²) in [4.78, 5) is 17.0. The second-order valence-corrected chi connectivity index (χ2v) is 7.40. The summed E-state index contributed by atoms with van der Waals surface area (Å²) < 4.78 is 5.21. The monoisotopic (exact) mass is 336 g/mol. The van der Waals surface area contributed by atoms with Crippen molar-refractivity contribution >= 4 is 33.6 Å². The Bertz CT molecular complexity index is 643. The highest BCUT2D eigenvalue weighted by Gasteiger charge is 2.26. The fourth-order valence-electron chi connectivity index (χ4n) is 2.84. The van der Waals surface area contributed by atoms with E-state index < -0.39 is 0 Å². The van der Waals surface area contributed by atoms with Crippen LogP contribution in [0.2, 0.25) is 0 Å². The fourth-order valence-corrected chi connectivity index (χ4v) is 4.82. The van der Waals surface area contributed by atoms with Gasteiger partial charge >= 0.3 is 5.97 Å². The maximum atomic E-state index is 12.3. The Morgan fingerprint density at radius 2 is 2.18 bits per heavy atom. The lowest BCUT2D eigenvalue weighted by molar-refractivity contribution is 0.0529. The van der Waals surface area contributed by atoms with Gasteiger partial charge in [0.2, 0.25) is 0 Å². The molecule has 6 heteroatoms. The Labute approximate surface area is 138 Å². The number of nitrogens with two attached hydrogens (primary N) is 1. The zero-order chi connectivity index (χ0) is 15.5. The van der Waals surface area contributed by atoms with Gasteiger partial charge in [-0.05, 0) is 44.3 Å². The summed E-state index contributed by atoms with van der Waals surface area (Å²) in [5.74, 6) is -0.313. The standard InChI is InChI=1S/C16H20N2O2S2/c1-2-20-16(19)14-13(11-6-5-9-21-11)12(22-15(14)17)10-18-7-3-4-8-18/h5-6,9H,2-4,7-8,10,17H2,1H3. The van der Waals surface area contributed by atoms with Crippen molar-refractivity contribution in [1.82, 2.24) is 4.90 Å². The number of thiophene rings is 2. The molecule has 22 heavy (non-hydrogen) atoms. The zero-order valence-electron chi connectivity index (χ0n) is 12.6. The molecule has 2 N–H and O–H groups in total. The van der Waals surface area contributed by atoms with Gasteiger partial charge in [-0.15, -0.1) is 22.7 Å². The first-order chi connectivity index (χ1) is 10.7. The molecule has 0 amide bonds. The molecular weight excluding hydrogens is 316 g/mol. The lowest BCUT2D eigenvalue weighted by Crippen LogP contribution is -2.18. The highest BCUT2D eigenvalue weighted by atomic mass is 32.1. The van der Waals surface area contributed by atoms with Gasteiger partial charge in [-0.2, -0.15) is 0 Å². The number of likely N-dealkylation sites (tertiary alicyclic amines) is 1. The van der Waals surface area contributed by atoms with Crippen molar-refractivity contribution in [2.24, 2.45) is 0 Å². The second-order valence-electron chi connectivity index (χ2n) is 5.32. The Balaban J connectivity index is 2.01. The first kappa shape index (κ1) is 15.5. The van der Waals surface area contributed by atoms with Crippen molar-refractivity contribution in [3.63, 3.8) is 0 Å². The molecule has 0 unspecified atom stereocenters. The summed E-state index contributed by atoms with van der Waals surface area (Å²) >= 11 is 3.16. The minimum Gasteiger partial charge on any atom is -0.462 e. The average Bonchev–Trinajstić information content (AvgIpc) is 3.20. The molecule has 118 valence electrons. The van der Waals surface area contributed by atoms with Gasteiger partial charge < -0.3 is 10.5 Å². The molecule has 1 fully saturated rings. The number of hydrogen-bond donors (Lipinski definition) is 1. The summed E-state index contributed by atoms with van der Waals surface area (Å²) in [6.45, 7) is 5.28. The molecule has 1 aliphatic heterocycles. The number of anilines is 1. The first-order valence-corrected chi connectivity index (χ1v) is 9.24. The topological polar surface area (TPSA) is 55.6 Å². The predicted octanol–water partition coefficient (Wildman–Crippen LogP) is 3.83. The predicted molar refractivity (Wildman–Crippen MR) is 92.5 cm³/mol. The molecule has 0 atom stereocenters. The first-order valence-electron chi connectivity index (χ1n) is 7.55.